The fraction of sp³-hybridized carbons (Fsp3) is 0.545. The molecule has 2 atom stereocenters. The molecule has 2 unspecified atom stereocenters. The van der Waals surface area contributed by atoms with Crippen molar-refractivity contribution in [2.45, 2.75) is 19.2 Å². The quantitative estimate of drug-likeness (QED) is 0.690. The van der Waals surface area contributed by atoms with E-state index in [1.807, 2.05) is 6.92 Å². The maximum atomic E-state index is 12.0. The fourth-order valence-electron chi connectivity index (χ4n) is 1.83. The zero-order valence-electron chi connectivity index (χ0n) is 8.87. The van der Waals surface area contributed by atoms with Gasteiger partial charge in [0, 0.05) is 18.7 Å². The van der Waals surface area contributed by atoms with Gasteiger partial charge < -0.3 is 9.32 Å². The monoisotopic (exact) mass is 227 g/mol. The van der Waals surface area contributed by atoms with Crippen molar-refractivity contribution in [3.63, 3.8) is 0 Å². The number of rotatable bonds is 1. The van der Waals surface area contributed by atoms with E-state index in [1.165, 1.54) is 0 Å². The lowest BCUT2D eigenvalue weighted by Gasteiger charge is -2.14. The summed E-state index contributed by atoms with van der Waals surface area (Å²) in [5.41, 5.74) is 0.880. The first-order valence-electron chi connectivity index (χ1n) is 5.07. The first-order chi connectivity index (χ1) is 7.09. The topological polar surface area (TPSA) is 33.5 Å². The molecule has 1 aromatic heterocycles. The number of carbonyl (C=O) groups is 1. The third kappa shape index (κ3) is 1.88. The standard InChI is InChI=1S/C11H14ClNO2/c1-7-3-4-15-10(7)11(14)13-5-8(2)9(12)6-13/h3-4,8-9H,5-6H2,1-2H3. The maximum Gasteiger partial charge on any atom is 0.289 e. The second-order valence-corrected chi connectivity index (χ2v) is 4.70. The molecule has 2 rings (SSSR count). The number of nitrogens with zero attached hydrogens (tertiary/aromatic N) is 1. The molecule has 4 heteroatoms. The van der Waals surface area contributed by atoms with Gasteiger partial charge in [0.05, 0.1) is 11.6 Å². The third-order valence-electron chi connectivity index (χ3n) is 2.86. The van der Waals surface area contributed by atoms with E-state index in [2.05, 4.69) is 6.92 Å². The smallest absolute Gasteiger partial charge is 0.289 e. The van der Waals surface area contributed by atoms with Gasteiger partial charge in [-0.2, -0.15) is 0 Å². The molecular weight excluding hydrogens is 214 g/mol. The molecule has 3 nitrogen and oxygen atoms in total. The van der Waals surface area contributed by atoms with Crippen LogP contribution >= 0.6 is 11.6 Å². The van der Waals surface area contributed by atoms with Crippen LogP contribution in [0.4, 0.5) is 0 Å². The predicted octanol–water partition coefficient (Wildman–Crippen LogP) is 2.29. The molecule has 0 aromatic carbocycles. The number of carbonyl (C=O) groups excluding carboxylic acids is 1. The van der Waals surface area contributed by atoms with E-state index in [0.29, 0.717) is 24.8 Å². The van der Waals surface area contributed by atoms with E-state index in [9.17, 15) is 4.79 Å². The maximum absolute atomic E-state index is 12.0. The second kappa shape index (κ2) is 3.89. The Bertz CT molecular complexity index is 364. The van der Waals surface area contributed by atoms with Crippen molar-refractivity contribution in [3.8, 4) is 0 Å². The molecule has 1 fully saturated rings. The Balaban J connectivity index is 2.13. The van der Waals surface area contributed by atoms with Gasteiger partial charge in [-0.1, -0.05) is 6.92 Å². The highest BCUT2D eigenvalue weighted by Crippen LogP contribution is 2.24. The summed E-state index contributed by atoms with van der Waals surface area (Å²) < 4.78 is 5.17. The first-order valence-corrected chi connectivity index (χ1v) is 5.50. The van der Waals surface area contributed by atoms with E-state index in [0.717, 1.165) is 5.56 Å². The molecular formula is C11H14ClNO2. The van der Waals surface area contributed by atoms with Gasteiger partial charge in [0.1, 0.15) is 0 Å². The number of amides is 1. The largest absolute Gasteiger partial charge is 0.459 e. The van der Waals surface area contributed by atoms with Crippen molar-refractivity contribution in [1.29, 1.82) is 0 Å². The fourth-order valence-corrected chi connectivity index (χ4v) is 2.07. The van der Waals surface area contributed by atoms with Crippen molar-refractivity contribution in [2.24, 2.45) is 5.92 Å². The van der Waals surface area contributed by atoms with Crippen molar-refractivity contribution in [1.82, 2.24) is 4.90 Å². The number of hydrogen-bond acceptors (Lipinski definition) is 2. The van der Waals surface area contributed by atoms with Crippen molar-refractivity contribution in [2.75, 3.05) is 13.1 Å². The lowest BCUT2D eigenvalue weighted by atomic mass is 10.1. The summed E-state index contributed by atoms with van der Waals surface area (Å²) in [4.78, 5) is 13.8. The summed E-state index contributed by atoms with van der Waals surface area (Å²) in [6.45, 7) is 5.25. The molecule has 0 saturated carbocycles. The zero-order valence-corrected chi connectivity index (χ0v) is 9.62. The number of hydrogen-bond donors (Lipinski definition) is 0. The zero-order chi connectivity index (χ0) is 11.0. The Labute approximate surface area is 94.0 Å². The molecule has 0 radical (unpaired) electrons. The van der Waals surface area contributed by atoms with Gasteiger partial charge in [-0.15, -0.1) is 11.6 Å². The van der Waals surface area contributed by atoms with Gasteiger partial charge in [0.2, 0.25) is 0 Å². The number of aryl methyl sites for hydroxylation is 1. The van der Waals surface area contributed by atoms with Gasteiger partial charge >= 0.3 is 0 Å². The van der Waals surface area contributed by atoms with E-state index < -0.39 is 0 Å². The van der Waals surface area contributed by atoms with Crippen molar-refractivity contribution < 1.29 is 9.21 Å². The molecule has 0 aliphatic carbocycles. The summed E-state index contributed by atoms with van der Waals surface area (Å²) in [5, 5.41) is 0.0595. The number of likely N-dealkylation sites (tertiary alicyclic amines) is 1. The molecule has 0 N–H and O–H groups in total. The summed E-state index contributed by atoms with van der Waals surface area (Å²) in [6.07, 6.45) is 1.54. The van der Waals surface area contributed by atoms with Gasteiger partial charge in [-0.05, 0) is 18.9 Å². The van der Waals surface area contributed by atoms with Gasteiger partial charge in [-0.25, -0.2) is 0 Å². The van der Waals surface area contributed by atoms with Crippen LogP contribution in [0.3, 0.4) is 0 Å². The average Bonchev–Trinajstić information content (AvgIpc) is 2.74. The summed E-state index contributed by atoms with van der Waals surface area (Å²) >= 11 is 6.08. The molecule has 1 amide bonds. The van der Waals surface area contributed by atoms with Crippen LogP contribution < -0.4 is 0 Å². The Morgan fingerprint density at radius 2 is 2.33 bits per heavy atom. The Hall–Kier alpha value is -0.960. The van der Waals surface area contributed by atoms with Crippen LogP contribution in [0.15, 0.2) is 16.7 Å². The van der Waals surface area contributed by atoms with Crippen molar-refractivity contribution >= 4 is 17.5 Å². The van der Waals surface area contributed by atoms with Gasteiger partial charge in [0.25, 0.3) is 5.91 Å². The summed E-state index contributed by atoms with van der Waals surface area (Å²) in [7, 11) is 0. The van der Waals surface area contributed by atoms with E-state index in [1.54, 1.807) is 17.2 Å². The Kier molecular flexibility index (Phi) is 2.74. The minimum atomic E-state index is -0.0486. The highest BCUT2D eigenvalue weighted by molar-refractivity contribution is 6.21. The Morgan fingerprint density at radius 3 is 2.80 bits per heavy atom. The predicted molar refractivity (Wildman–Crippen MR) is 58.2 cm³/mol. The number of halogens is 1. The molecule has 0 spiro atoms. The molecule has 1 aliphatic rings. The van der Waals surface area contributed by atoms with Crippen LogP contribution in [-0.2, 0) is 0 Å². The average molecular weight is 228 g/mol. The van der Waals surface area contributed by atoms with Crippen molar-refractivity contribution in [3.05, 3.63) is 23.7 Å². The van der Waals surface area contributed by atoms with Crippen LogP contribution in [0.2, 0.25) is 0 Å². The molecule has 15 heavy (non-hydrogen) atoms. The third-order valence-corrected chi connectivity index (χ3v) is 3.43. The highest BCUT2D eigenvalue weighted by atomic mass is 35.5. The van der Waals surface area contributed by atoms with Gasteiger partial charge in [-0.3, -0.25) is 4.79 Å². The van der Waals surface area contributed by atoms with E-state index >= 15 is 0 Å². The minimum Gasteiger partial charge on any atom is -0.459 e. The Morgan fingerprint density at radius 1 is 1.60 bits per heavy atom. The lowest BCUT2D eigenvalue weighted by molar-refractivity contribution is 0.0755. The number of alkyl halides is 1. The van der Waals surface area contributed by atoms with Crippen LogP contribution in [0, 0.1) is 12.8 Å². The molecule has 82 valence electrons. The van der Waals surface area contributed by atoms with Gasteiger partial charge in [0.15, 0.2) is 5.76 Å². The molecule has 1 saturated heterocycles. The highest BCUT2D eigenvalue weighted by Gasteiger charge is 2.32. The molecule has 2 heterocycles. The van der Waals surface area contributed by atoms with E-state index in [-0.39, 0.29) is 11.3 Å². The van der Waals surface area contributed by atoms with Crippen LogP contribution in [0.1, 0.15) is 23.0 Å². The first kappa shape index (κ1) is 10.6. The van der Waals surface area contributed by atoms with E-state index in [4.69, 9.17) is 16.0 Å². The molecule has 1 aliphatic heterocycles. The SMILES string of the molecule is Cc1ccoc1C(=O)N1CC(C)C(Cl)C1. The normalized spacial score (nSPS) is 25.9. The minimum absolute atomic E-state index is 0.0486. The lowest BCUT2D eigenvalue weighted by Crippen LogP contribution is -2.29. The second-order valence-electron chi connectivity index (χ2n) is 4.14. The van der Waals surface area contributed by atoms with Crippen LogP contribution in [0.5, 0.6) is 0 Å². The summed E-state index contributed by atoms with van der Waals surface area (Å²) in [5.74, 6) is 0.742. The van der Waals surface area contributed by atoms with Crippen LogP contribution in [0.25, 0.3) is 0 Å². The number of furan rings is 1. The summed E-state index contributed by atoms with van der Waals surface area (Å²) in [6, 6.07) is 1.80. The van der Waals surface area contributed by atoms with Crippen LogP contribution in [-0.4, -0.2) is 29.3 Å². The molecule has 0 bridgehead atoms. The molecule has 1 aromatic rings.